The minimum atomic E-state index is -0.207. The summed E-state index contributed by atoms with van der Waals surface area (Å²) in [6.07, 6.45) is 1.58. The molecule has 4 nitrogen and oxygen atoms in total. The molecule has 0 unspecified atom stereocenters. The summed E-state index contributed by atoms with van der Waals surface area (Å²) in [5.74, 6) is 0.435. The van der Waals surface area contributed by atoms with Crippen molar-refractivity contribution in [1.29, 1.82) is 0 Å². The lowest BCUT2D eigenvalue weighted by molar-refractivity contribution is 0.102. The van der Waals surface area contributed by atoms with Crippen molar-refractivity contribution in [2.75, 3.05) is 17.7 Å². The highest BCUT2D eigenvalue weighted by Crippen LogP contribution is 2.26. The van der Waals surface area contributed by atoms with Gasteiger partial charge in [0.15, 0.2) is 0 Å². The third-order valence-electron chi connectivity index (χ3n) is 2.46. The summed E-state index contributed by atoms with van der Waals surface area (Å²) in [5.41, 5.74) is 1.19. The third-order valence-corrected chi connectivity index (χ3v) is 3.35. The first kappa shape index (κ1) is 13.8. The molecular weight excluding hydrogens is 330 g/mol. The van der Waals surface area contributed by atoms with Crippen LogP contribution in [0.3, 0.4) is 0 Å². The van der Waals surface area contributed by atoms with Crippen molar-refractivity contribution >= 4 is 44.9 Å². The van der Waals surface area contributed by atoms with Gasteiger partial charge < -0.3 is 10.6 Å². The number of hydrogen-bond donors (Lipinski definition) is 2. The first-order chi connectivity index (χ1) is 9.10. The first-order valence-electron chi connectivity index (χ1n) is 5.50. The van der Waals surface area contributed by atoms with Gasteiger partial charge in [-0.3, -0.25) is 4.79 Å². The van der Waals surface area contributed by atoms with Crippen LogP contribution in [0.25, 0.3) is 0 Å². The molecule has 0 saturated carbocycles. The van der Waals surface area contributed by atoms with Crippen molar-refractivity contribution in [2.45, 2.75) is 0 Å². The summed E-state index contributed by atoms with van der Waals surface area (Å²) < 4.78 is 0.733. The molecule has 0 aliphatic rings. The molecule has 0 fully saturated rings. The van der Waals surface area contributed by atoms with Gasteiger partial charge in [0.2, 0.25) is 0 Å². The molecule has 6 heteroatoms. The molecule has 0 radical (unpaired) electrons. The minimum Gasteiger partial charge on any atom is -0.373 e. The lowest BCUT2D eigenvalue weighted by Crippen LogP contribution is -2.12. The number of benzene rings is 1. The predicted octanol–water partition coefficient (Wildman–Crippen LogP) is 3.79. The summed E-state index contributed by atoms with van der Waals surface area (Å²) in [5, 5.41) is 6.30. The molecule has 0 spiro atoms. The summed E-state index contributed by atoms with van der Waals surface area (Å²) in [6, 6.07) is 8.51. The van der Waals surface area contributed by atoms with Crippen LogP contribution in [0.1, 0.15) is 10.4 Å². The Morgan fingerprint density at radius 2 is 2.11 bits per heavy atom. The molecule has 0 atom stereocenters. The van der Waals surface area contributed by atoms with E-state index in [2.05, 4.69) is 31.5 Å². The molecule has 2 aromatic rings. The quantitative estimate of drug-likeness (QED) is 0.894. The molecule has 0 aliphatic heterocycles. The lowest BCUT2D eigenvalue weighted by Gasteiger charge is -2.08. The van der Waals surface area contributed by atoms with Crippen molar-refractivity contribution in [3.8, 4) is 0 Å². The van der Waals surface area contributed by atoms with Crippen molar-refractivity contribution in [3.05, 3.63) is 51.6 Å². The number of carbonyl (C=O) groups excluding carboxylic acids is 1. The van der Waals surface area contributed by atoms with E-state index in [9.17, 15) is 4.79 Å². The van der Waals surface area contributed by atoms with E-state index in [1.807, 2.05) is 0 Å². The summed E-state index contributed by atoms with van der Waals surface area (Å²) in [7, 11) is 1.75. The van der Waals surface area contributed by atoms with E-state index >= 15 is 0 Å². The molecular formula is C13H11BrClN3O. The van der Waals surface area contributed by atoms with Gasteiger partial charge in [-0.25, -0.2) is 4.98 Å². The Balaban J connectivity index is 2.20. The maximum Gasteiger partial charge on any atom is 0.255 e. The van der Waals surface area contributed by atoms with Gasteiger partial charge in [0.05, 0.1) is 5.69 Å². The summed E-state index contributed by atoms with van der Waals surface area (Å²) in [6.45, 7) is 0. The largest absolute Gasteiger partial charge is 0.373 e. The van der Waals surface area contributed by atoms with Crippen LogP contribution < -0.4 is 10.6 Å². The zero-order valence-electron chi connectivity index (χ0n) is 10.1. The number of nitrogens with zero attached hydrogens (tertiary/aromatic N) is 1. The van der Waals surface area contributed by atoms with Crippen LogP contribution in [-0.2, 0) is 0 Å². The second kappa shape index (κ2) is 6.04. The second-order valence-corrected chi connectivity index (χ2v) is 5.05. The predicted molar refractivity (Wildman–Crippen MR) is 80.9 cm³/mol. The van der Waals surface area contributed by atoms with Crippen molar-refractivity contribution in [3.63, 3.8) is 0 Å². The minimum absolute atomic E-state index is 0.207. The van der Waals surface area contributed by atoms with E-state index in [-0.39, 0.29) is 5.91 Å². The highest BCUT2D eigenvalue weighted by Gasteiger charge is 2.09. The fraction of sp³-hybridized carbons (Fsp3) is 0.0769. The Kier molecular flexibility index (Phi) is 4.39. The molecule has 2 N–H and O–H groups in total. The number of aromatic nitrogens is 1. The van der Waals surface area contributed by atoms with Crippen LogP contribution in [0, 0.1) is 0 Å². The van der Waals surface area contributed by atoms with E-state index in [0.29, 0.717) is 22.1 Å². The fourth-order valence-corrected chi connectivity index (χ4v) is 2.28. The Bertz CT molecular complexity index is 619. The van der Waals surface area contributed by atoms with Crippen molar-refractivity contribution in [2.24, 2.45) is 0 Å². The van der Waals surface area contributed by atoms with Gasteiger partial charge in [0.1, 0.15) is 5.82 Å². The molecule has 0 bridgehead atoms. The number of rotatable bonds is 3. The Morgan fingerprint density at radius 1 is 1.32 bits per heavy atom. The van der Waals surface area contributed by atoms with Crippen LogP contribution in [0.5, 0.6) is 0 Å². The lowest BCUT2D eigenvalue weighted by atomic mass is 10.2. The van der Waals surface area contributed by atoms with Crippen molar-refractivity contribution in [1.82, 2.24) is 4.98 Å². The third kappa shape index (κ3) is 3.45. The number of halogens is 2. The first-order valence-corrected chi connectivity index (χ1v) is 6.67. The van der Waals surface area contributed by atoms with Gasteiger partial charge in [-0.15, -0.1) is 0 Å². The highest BCUT2D eigenvalue weighted by molar-refractivity contribution is 9.10. The fourth-order valence-electron chi connectivity index (χ4n) is 1.49. The smallest absolute Gasteiger partial charge is 0.255 e. The Labute approximate surface area is 124 Å². The maximum absolute atomic E-state index is 12.1. The second-order valence-electron chi connectivity index (χ2n) is 3.76. The Hall–Kier alpha value is -1.59. The zero-order chi connectivity index (χ0) is 13.8. The van der Waals surface area contributed by atoms with Gasteiger partial charge in [-0.1, -0.05) is 11.6 Å². The molecule has 2 rings (SSSR count). The molecule has 1 aromatic heterocycles. The monoisotopic (exact) mass is 339 g/mol. The van der Waals surface area contributed by atoms with Gasteiger partial charge in [0, 0.05) is 28.3 Å². The standard InChI is InChI=1S/C13H11BrClN3O/c1-16-12-6-8(4-5-17-12)13(19)18-11-3-2-9(15)7-10(11)14/h2-7H,1H3,(H,16,17)(H,18,19). The molecule has 19 heavy (non-hydrogen) atoms. The topological polar surface area (TPSA) is 54.0 Å². The molecule has 98 valence electrons. The van der Waals surface area contributed by atoms with E-state index in [1.165, 1.54) is 0 Å². The number of carbonyl (C=O) groups is 1. The van der Waals surface area contributed by atoms with Crippen LogP contribution in [-0.4, -0.2) is 17.9 Å². The summed E-state index contributed by atoms with van der Waals surface area (Å²) in [4.78, 5) is 16.2. The number of amides is 1. The maximum atomic E-state index is 12.1. The average Bonchev–Trinajstić information content (AvgIpc) is 2.42. The SMILES string of the molecule is CNc1cc(C(=O)Nc2ccc(Cl)cc2Br)ccn1. The van der Waals surface area contributed by atoms with E-state index in [0.717, 1.165) is 4.47 Å². The molecule has 1 amide bonds. The van der Waals surface area contributed by atoms with Gasteiger partial charge >= 0.3 is 0 Å². The number of nitrogens with one attached hydrogen (secondary N) is 2. The highest BCUT2D eigenvalue weighted by atomic mass is 79.9. The molecule has 1 heterocycles. The van der Waals surface area contributed by atoms with Crippen molar-refractivity contribution < 1.29 is 4.79 Å². The Morgan fingerprint density at radius 3 is 2.79 bits per heavy atom. The molecule has 0 aliphatic carbocycles. The van der Waals surface area contributed by atoms with Crippen LogP contribution in [0.4, 0.5) is 11.5 Å². The van der Waals surface area contributed by atoms with E-state index in [1.54, 1.807) is 43.6 Å². The molecule has 0 saturated heterocycles. The number of pyridine rings is 1. The van der Waals surface area contributed by atoms with Gasteiger partial charge in [-0.05, 0) is 46.3 Å². The average molecular weight is 341 g/mol. The summed E-state index contributed by atoms with van der Waals surface area (Å²) >= 11 is 9.20. The number of hydrogen-bond acceptors (Lipinski definition) is 3. The van der Waals surface area contributed by atoms with Gasteiger partial charge in [-0.2, -0.15) is 0 Å². The molecule has 1 aromatic carbocycles. The normalized spacial score (nSPS) is 10.1. The van der Waals surface area contributed by atoms with Crippen LogP contribution in [0.15, 0.2) is 41.0 Å². The van der Waals surface area contributed by atoms with E-state index in [4.69, 9.17) is 11.6 Å². The van der Waals surface area contributed by atoms with E-state index < -0.39 is 0 Å². The van der Waals surface area contributed by atoms with Crippen LogP contribution in [0.2, 0.25) is 5.02 Å². The zero-order valence-corrected chi connectivity index (χ0v) is 12.4. The van der Waals surface area contributed by atoms with Gasteiger partial charge in [0.25, 0.3) is 5.91 Å². The number of anilines is 2. The van der Waals surface area contributed by atoms with Crippen LogP contribution >= 0.6 is 27.5 Å².